The molecular weight excluding hydrogens is 290 g/mol. The lowest BCUT2D eigenvalue weighted by molar-refractivity contribution is 0.0852. The van der Waals surface area contributed by atoms with Gasteiger partial charge >= 0.3 is 0 Å². The van der Waals surface area contributed by atoms with Crippen molar-refractivity contribution < 1.29 is 4.79 Å². The van der Waals surface area contributed by atoms with Gasteiger partial charge in [0.05, 0.1) is 11.6 Å². The van der Waals surface area contributed by atoms with E-state index in [0.717, 1.165) is 48.4 Å². The molecule has 0 saturated carbocycles. The summed E-state index contributed by atoms with van der Waals surface area (Å²) in [5.41, 5.74) is 11.3. The maximum absolute atomic E-state index is 13.2. The summed E-state index contributed by atoms with van der Waals surface area (Å²) in [7, 11) is 0. The second kappa shape index (κ2) is 5.38. The van der Waals surface area contributed by atoms with Gasteiger partial charge in [0.25, 0.3) is 5.91 Å². The van der Waals surface area contributed by atoms with Crippen LogP contribution in [0.15, 0.2) is 18.2 Å². The summed E-state index contributed by atoms with van der Waals surface area (Å²) in [6.45, 7) is 4.41. The van der Waals surface area contributed by atoms with E-state index in [1.165, 1.54) is 5.56 Å². The number of para-hydroxylation sites is 1. The van der Waals surface area contributed by atoms with Gasteiger partial charge in [-0.3, -0.25) is 4.79 Å². The lowest BCUT2D eigenvalue weighted by atomic mass is 9.88. The van der Waals surface area contributed by atoms with Crippen molar-refractivity contribution in [3.63, 3.8) is 0 Å². The number of hydrogen-bond donors (Lipinski definition) is 3. The molecule has 0 spiro atoms. The second-order valence-electron chi connectivity index (χ2n) is 6.29. The van der Waals surface area contributed by atoms with E-state index in [1.54, 1.807) is 4.68 Å². The molecule has 6 heteroatoms. The van der Waals surface area contributed by atoms with Crippen molar-refractivity contribution >= 4 is 17.4 Å². The molecule has 0 aliphatic carbocycles. The number of nitrogen functional groups attached to an aromatic ring is 1. The molecule has 1 aromatic heterocycles. The third kappa shape index (κ3) is 2.21. The van der Waals surface area contributed by atoms with Gasteiger partial charge in [-0.25, -0.2) is 4.68 Å². The molecular formula is C17H21N5O. The molecule has 2 aliphatic rings. The van der Waals surface area contributed by atoms with Crippen LogP contribution in [0.1, 0.15) is 39.5 Å². The van der Waals surface area contributed by atoms with Crippen LogP contribution < -0.4 is 16.4 Å². The van der Waals surface area contributed by atoms with Crippen LogP contribution >= 0.6 is 0 Å². The molecule has 2 aliphatic heterocycles. The summed E-state index contributed by atoms with van der Waals surface area (Å²) in [6, 6.07) is 6.12. The molecule has 0 bridgehead atoms. The Bertz CT molecular complexity index is 780. The number of benzene rings is 1. The van der Waals surface area contributed by atoms with Crippen molar-refractivity contribution in [2.24, 2.45) is 0 Å². The Morgan fingerprint density at radius 1 is 1.39 bits per heavy atom. The van der Waals surface area contributed by atoms with Crippen molar-refractivity contribution in [1.82, 2.24) is 15.1 Å². The normalized spacial score (nSPS) is 19.6. The third-order valence-electron chi connectivity index (χ3n) is 4.88. The predicted octanol–water partition coefficient (Wildman–Crippen LogP) is 1.66. The van der Waals surface area contributed by atoms with Crippen molar-refractivity contribution in [3.8, 4) is 0 Å². The first-order valence-electron chi connectivity index (χ1n) is 8.11. The van der Waals surface area contributed by atoms with Crippen LogP contribution in [0.2, 0.25) is 0 Å². The van der Waals surface area contributed by atoms with Crippen molar-refractivity contribution in [2.75, 3.05) is 24.1 Å². The Kier molecular flexibility index (Phi) is 3.34. The molecule has 120 valence electrons. The summed E-state index contributed by atoms with van der Waals surface area (Å²) < 4.78 is 1.56. The molecule has 0 saturated heterocycles. The Morgan fingerprint density at radius 2 is 2.26 bits per heavy atom. The summed E-state index contributed by atoms with van der Waals surface area (Å²) in [6.07, 6.45) is 1.57. The number of nitrogens with zero attached hydrogens (tertiary/aromatic N) is 2. The van der Waals surface area contributed by atoms with E-state index in [0.29, 0.717) is 12.4 Å². The number of carbonyl (C=O) groups is 1. The fourth-order valence-electron chi connectivity index (χ4n) is 3.68. The first kappa shape index (κ1) is 14.3. The smallest absolute Gasteiger partial charge is 0.254 e. The van der Waals surface area contributed by atoms with Gasteiger partial charge in [0.15, 0.2) is 5.82 Å². The summed E-state index contributed by atoms with van der Waals surface area (Å²) in [4.78, 5) is 13.2. The van der Waals surface area contributed by atoms with Crippen molar-refractivity contribution in [3.05, 3.63) is 40.6 Å². The monoisotopic (exact) mass is 311 g/mol. The standard InChI is InChI=1S/C17H21N5O/c1-10-3-2-4-11-12(5-8-20-15(10)11)17(23)22-14-6-7-19-9-13(14)16(18)21-22/h2-4,12,19-20H,5-9H2,1H3,(H2,18,21). The molecule has 4 N–H and O–H groups in total. The Hall–Kier alpha value is -2.34. The highest BCUT2D eigenvalue weighted by Crippen LogP contribution is 2.35. The molecule has 1 atom stereocenters. The van der Waals surface area contributed by atoms with Crippen LogP contribution in [0.4, 0.5) is 11.5 Å². The van der Waals surface area contributed by atoms with E-state index in [2.05, 4.69) is 28.7 Å². The molecule has 1 aromatic carbocycles. The van der Waals surface area contributed by atoms with E-state index in [9.17, 15) is 4.79 Å². The maximum atomic E-state index is 13.2. The zero-order valence-corrected chi connectivity index (χ0v) is 13.2. The largest absolute Gasteiger partial charge is 0.385 e. The Morgan fingerprint density at radius 3 is 3.13 bits per heavy atom. The SMILES string of the molecule is Cc1cccc2c1NCCC2C(=O)n1nc(N)c2c1CCNC2. The first-order chi connectivity index (χ1) is 11.2. The van der Waals surface area contributed by atoms with Crippen LogP contribution in [0, 0.1) is 6.92 Å². The van der Waals surface area contributed by atoms with E-state index < -0.39 is 0 Å². The number of nitrogens with two attached hydrogens (primary N) is 1. The number of rotatable bonds is 1. The molecule has 0 fully saturated rings. The van der Waals surface area contributed by atoms with E-state index >= 15 is 0 Å². The Labute approximate surface area is 135 Å². The molecule has 4 rings (SSSR count). The quantitative estimate of drug-likeness (QED) is 0.746. The van der Waals surface area contributed by atoms with Crippen LogP contribution in [-0.4, -0.2) is 28.8 Å². The summed E-state index contributed by atoms with van der Waals surface area (Å²) in [5.74, 6) is 0.344. The van der Waals surface area contributed by atoms with E-state index in [-0.39, 0.29) is 11.8 Å². The fourth-order valence-corrected chi connectivity index (χ4v) is 3.68. The zero-order valence-electron chi connectivity index (χ0n) is 13.2. The summed E-state index contributed by atoms with van der Waals surface area (Å²) in [5, 5.41) is 11.0. The topological polar surface area (TPSA) is 85.0 Å². The van der Waals surface area contributed by atoms with Gasteiger partial charge in [-0.2, -0.15) is 0 Å². The molecule has 1 unspecified atom stereocenters. The molecule has 6 nitrogen and oxygen atoms in total. The van der Waals surface area contributed by atoms with Crippen molar-refractivity contribution in [1.29, 1.82) is 0 Å². The minimum Gasteiger partial charge on any atom is -0.385 e. The van der Waals surface area contributed by atoms with Gasteiger partial charge < -0.3 is 16.4 Å². The van der Waals surface area contributed by atoms with Gasteiger partial charge in [-0.15, -0.1) is 5.10 Å². The Balaban J connectivity index is 1.76. The van der Waals surface area contributed by atoms with E-state index in [4.69, 9.17) is 5.73 Å². The number of hydrogen-bond acceptors (Lipinski definition) is 5. The minimum absolute atomic E-state index is 0.0354. The number of carbonyl (C=O) groups excluding carboxylic acids is 1. The van der Waals surface area contributed by atoms with Gasteiger partial charge in [-0.05, 0) is 24.5 Å². The first-order valence-corrected chi connectivity index (χ1v) is 8.11. The average molecular weight is 311 g/mol. The van der Waals surface area contributed by atoms with Crippen LogP contribution in [0.25, 0.3) is 0 Å². The number of anilines is 2. The lowest BCUT2D eigenvalue weighted by Crippen LogP contribution is -2.31. The van der Waals surface area contributed by atoms with Gasteiger partial charge in [0.2, 0.25) is 0 Å². The minimum atomic E-state index is -0.163. The predicted molar refractivity (Wildman–Crippen MR) is 89.7 cm³/mol. The third-order valence-corrected chi connectivity index (χ3v) is 4.88. The molecule has 3 heterocycles. The van der Waals surface area contributed by atoms with Crippen LogP contribution in [0.3, 0.4) is 0 Å². The summed E-state index contributed by atoms with van der Waals surface area (Å²) >= 11 is 0. The van der Waals surface area contributed by atoms with Gasteiger partial charge in [0.1, 0.15) is 0 Å². The second-order valence-corrected chi connectivity index (χ2v) is 6.29. The molecule has 0 radical (unpaired) electrons. The lowest BCUT2D eigenvalue weighted by Gasteiger charge is -2.27. The van der Waals surface area contributed by atoms with E-state index in [1.807, 2.05) is 12.1 Å². The number of nitrogens with one attached hydrogen (secondary N) is 2. The highest BCUT2D eigenvalue weighted by Gasteiger charge is 2.31. The highest BCUT2D eigenvalue weighted by molar-refractivity contribution is 5.89. The molecule has 2 aromatic rings. The molecule has 23 heavy (non-hydrogen) atoms. The van der Waals surface area contributed by atoms with Crippen LogP contribution in [-0.2, 0) is 13.0 Å². The van der Waals surface area contributed by atoms with Crippen LogP contribution in [0.5, 0.6) is 0 Å². The van der Waals surface area contributed by atoms with Gasteiger partial charge in [0, 0.05) is 37.3 Å². The highest BCUT2D eigenvalue weighted by atomic mass is 16.2. The average Bonchev–Trinajstić information content (AvgIpc) is 2.92. The maximum Gasteiger partial charge on any atom is 0.254 e. The zero-order chi connectivity index (χ0) is 16.0. The van der Waals surface area contributed by atoms with Crippen molar-refractivity contribution in [2.45, 2.75) is 32.2 Å². The number of aromatic nitrogens is 2. The fraction of sp³-hybridized carbons (Fsp3) is 0.412. The van der Waals surface area contributed by atoms with Gasteiger partial charge in [-0.1, -0.05) is 18.2 Å². The molecule has 0 amide bonds. The number of fused-ring (bicyclic) bond motifs is 2. The number of aryl methyl sites for hydroxylation is 1.